The van der Waals surface area contributed by atoms with Gasteiger partial charge >= 0.3 is 5.97 Å². The van der Waals surface area contributed by atoms with Gasteiger partial charge in [0.15, 0.2) is 0 Å². The molecule has 1 unspecified atom stereocenters. The number of carbonyl (C=O) groups excluding carboxylic acids is 1. The average molecular weight is 305 g/mol. The van der Waals surface area contributed by atoms with Crippen LogP contribution in [-0.2, 0) is 16.1 Å². The number of esters is 1. The van der Waals surface area contributed by atoms with E-state index in [1.165, 1.54) is 12.0 Å². The quantitative estimate of drug-likeness (QED) is 0.798. The molecule has 1 heterocycles. The minimum absolute atomic E-state index is 0.305. The van der Waals surface area contributed by atoms with Gasteiger partial charge in [0, 0.05) is 11.4 Å². The van der Waals surface area contributed by atoms with Gasteiger partial charge in [-0.25, -0.2) is 4.79 Å². The van der Waals surface area contributed by atoms with Crippen molar-refractivity contribution in [1.82, 2.24) is 5.32 Å². The molecule has 2 rings (SSSR count). The summed E-state index contributed by atoms with van der Waals surface area (Å²) in [5.41, 5.74) is 0.837. The van der Waals surface area contributed by atoms with Crippen LogP contribution in [-0.4, -0.2) is 19.7 Å². The van der Waals surface area contributed by atoms with Crippen molar-refractivity contribution in [3.8, 4) is 5.75 Å². The molecule has 1 aromatic heterocycles. The van der Waals surface area contributed by atoms with Crippen LogP contribution in [0.25, 0.3) is 0 Å². The molecule has 1 N–H and O–H groups in total. The van der Waals surface area contributed by atoms with Crippen molar-refractivity contribution in [1.29, 1.82) is 0 Å². The molecule has 21 heavy (non-hydrogen) atoms. The number of benzene rings is 1. The Morgan fingerprint density at radius 1 is 1.33 bits per heavy atom. The average Bonchev–Trinajstić information content (AvgIpc) is 3.01. The molecule has 0 amide bonds. The first-order valence-electron chi connectivity index (χ1n) is 6.81. The zero-order chi connectivity index (χ0) is 15.1. The summed E-state index contributed by atoms with van der Waals surface area (Å²) in [6.45, 7) is 3.14. The molecule has 0 saturated carbocycles. The lowest BCUT2D eigenvalue weighted by molar-refractivity contribution is -0.143. The van der Waals surface area contributed by atoms with Gasteiger partial charge in [0.25, 0.3) is 0 Å². The second kappa shape index (κ2) is 7.81. The fraction of sp³-hybridized carbons (Fsp3) is 0.312. The molecule has 0 radical (unpaired) electrons. The highest BCUT2D eigenvalue weighted by Crippen LogP contribution is 2.21. The van der Waals surface area contributed by atoms with Gasteiger partial charge in [0.2, 0.25) is 0 Å². The van der Waals surface area contributed by atoms with E-state index in [-0.39, 0.29) is 5.97 Å². The molecule has 2 aromatic rings. The first kappa shape index (κ1) is 15.5. The standard InChI is InChI=1S/C16H19NO3S/c1-3-20-13-7-4-6-12(10-13)15(16(18)19-2)17-11-14-8-5-9-21-14/h4-10,15,17H,3,11H2,1-2H3. The lowest BCUT2D eigenvalue weighted by atomic mass is 10.1. The molecule has 0 saturated heterocycles. The van der Waals surface area contributed by atoms with E-state index in [1.54, 1.807) is 11.3 Å². The Morgan fingerprint density at radius 3 is 2.86 bits per heavy atom. The zero-order valence-electron chi connectivity index (χ0n) is 12.2. The summed E-state index contributed by atoms with van der Waals surface area (Å²) in [7, 11) is 1.40. The van der Waals surface area contributed by atoms with Crippen molar-refractivity contribution in [3.63, 3.8) is 0 Å². The van der Waals surface area contributed by atoms with Crippen LogP contribution in [0, 0.1) is 0 Å². The molecule has 0 aliphatic carbocycles. The van der Waals surface area contributed by atoms with E-state index in [1.807, 2.05) is 48.7 Å². The van der Waals surface area contributed by atoms with Gasteiger partial charge in [0.1, 0.15) is 11.8 Å². The van der Waals surface area contributed by atoms with Crippen molar-refractivity contribution >= 4 is 17.3 Å². The molecule has 112 valence electrons. The number of hydrogen-bond acceptors (Lipinski definition) is 5. The maximum Gasteiger partial charge on any atom is 0.327 e. The summed E-state index contributed by atoms with van der Waals surface area (Å²) in [5.74, 6) is 0.446. The second-order valence-corrected chi connectivity index (χ2v) is 5.45. The van der Waals surface area contributed by atoms with E-state index in [4.69, 9.17) is 9.47 Å². The van der Waals surface area contributed by atoms with Crippen molar-refractivity contribution in [2.45, 2.75) is 19.5 Å². The Morgan fingerprint density at radius 2 is 2.19 bits per heavy atom. The maximum atomic E-state index is 12.0. The lowest BCUT2D eigenvalue weighted by Crippen LogP contribution is -2.29. The largest absolute Gasteiger partial charge is 0.494 e. The van der Waals surface area contributed by atoms with Crippen LogP contribution in [0.4, 0.5) is 0 Å². The zero-order valence-corrected chi connectivity index (χ0v) is 13.0. The molecule has 0 spiro atoms. The molecule has 1 aromatic carbocycles. The highest BCUT2D eigenvalue weighted by molar-refractivity contribution is 7.09. The number of rotatable bonds is 7. The van der Waals surface area contributed by atoms with Crippen molar-refractivity contribution in [2.75, 3.05) is 13.7 Å². The van der Waals surface area contributed by atoms with Crippen LogP contribution in [0.2, 0.25) is 0 Å². The molecule has 0 bridgehead atoms. The van der Waals surface area contributed by atoms with Gasteiger partial charge in [-0.2, -0.15) is 0 Å². The van der Waals surface area contributed by atoms with Gasteiger partial charge in [-0.15, -0.1) is 11.3 Å². The van der Waals surface area contributed by atoms with Crippen LogP contribution in [0.3, 0.4) is 0 Å². The normalized spacial score (nSPS) is 11.9. The minimum Gasteiger partial charge on any atom is -0.494 e. The van der Waals surface area contributed by atoms with E-state index in [2.05, 4.69) is 5.32 Å². The number of nitrogens with one attached hydrogen (secondary N) is 1. The fourth-order valence-electron chi connectivity index (χ4n) is 2.02. The molecule has 0 aliphatic rings. The van der Waals surface area contributed by atoms with E-state index >= 15 is 0 Å². The van der Waals surface area contributed by atoms with E-state index in [9.17, 15) is 4.79 Å². The van der Waals surface area contributed by atoms with E-state index in [0.717, 1.165) is 11.3 Å². The Hall–Kier alpha value is -1.85. The molecule has 0 aliphatic heterocycles. The highest BCUT2D eigenvalue weighted by atomic mass is 32.1. The van der Waals surface area contributed by atoms with Gasteiger partial charge in [-0.3, -0.25) is 5.32 Å². The molecule has 4 nitrogen and oxygen atoms in total. The van der Waals surface area contributed by atoms with Gasteiger partial charge in [0.05, 0.1) is 13.7 Å². The first-order valence-corrected chi connectivity index (χ1v) is 7.69. The van der Waals surface area contributed by atoms with Crippen LogP contribution in [0.1, 0.15) is 23.4 Å². The summed E-state index contributed by atoms with van der Waals surface area (Å²) in [4.78, 5) is 13.2. The van der Waals surface area contributed by atoms with Crippen molar-refractivity contribution in [2.24, 2.45) is 0 Å². The predicted octanol–water partition coefficient (Wildman–Crippen LogP) is 3.15. The van der Waals surface area contributed by atoms with Gasteiger partial charge in [-0.1, -0.05) is 18.2 Å². The van der Waals surface area contributed by atoms with Crippen LogP contribution in [0.15, 0.2) is 41.8 Å². The first-order chi connectivity index (χ1) is 10.2. The topological polar surface area (TPSA) is 47.6 Å². The molecule has 0 fully saturated rings. The Balaban J connectivity index is 2.14. The predicted molar refractivity (Wildman–Crippen MR) is 83.5 cm³/mol. The Kier molecular flexibility index (Phi) is 5.78. The fourth-order valence-corrected chi connectivity index (χ4v) is 2.68. The number of methoxy groups -OCH3 is 1. The van der Waals surface area contributed by atoms with Crippen molar-refractivity contribution in [3.05, 3.63) is 52.2 Å². The number of ether oxygens (including phenoxy) is 2. The van der Waals surface area contributed by atoms with E-state index < -0.39 is 6.04 Å². The number of carbonyl (C=O) groups is 1. The summed E-state index contributed by atoms with van der Waals surface area (Å²) in [6.07, 6.45) is 0. The smallest absolute Gasteiger partial charge is 0.327 e. The maximum absolute atomic E-state index is 12.0. The monoisotopic (exact) mass is 305 g/mol. The molecular formula is C16H19NO3S. The molecular weight excluding hydrogens is 286 g/mol. The van der Waals surface area contributed by atoms with Gasteiger partial charge < -0.3 is 9.47 Å². The molecule has 1 atom stereocenters. The minimum atomic E-state index is -0.502. The van der Waals surface area contributed by atoms with Crippen molar-refractivity contribution < 1.29 is 14.3 Å². The second-order valence-electron chi connectivity index (χ2n) is 4.42. The summed E-state index contributed by atoms with van der Waals surface area (Å²) in [5, 5.41) is 5.25. The van der Waals surface area contributed by atoms with E-state index in [0.29, 0.717) is 13.2 Å². The summed E-state index contributed by atoms with van der Waals surface area (Å²) in [6, 6.07) is 11.0. The summed E-state index contributed by atoms with van der Waals surface area (Å²) < 4.78 is 10.4. The van der Waals surface area contributed by atoms with Crippen LogP contribution < -0.4 is 10.1 Å². The number of thiophene rings is 1. The number of hydrogen-bond donors (Lipinski definition) is 1. The SMILES string of the molecule is CCOc1cccc(C(NCc2cccs2)C(=O)OC)c1. The third-order valence-corrected chi connectivity index (χ3v) is 3.88. The summed E-state index contributed by atoms with van der Waals surface area (Å²) >= 11 is 1.65. The third kappa shape index (κ3) is 4.31. The highest BCUT2D eigenvalue weighted by Gasteiger charge is 2.21. The Bertz CT molecular complexity index is 569. The lowest BCUT2D eigenvalue weighted by Gasteiger charge is -2.17. The van der Waals surface area contributed by atoms with Crippen LogP contribution >= 0.6 is 11.3 Å². The molecule has 5 heteroatoms. The van der Waals surface area contributed by atoms with Crippen LogP contribution in [0.5, 0.6) is 5.75 Å². The third-order valence-electron chi connectivity index (χ3n) is 3.00. The van der Waals surface area contributed by atoms with Gasteiger partial charge in [-0.05, 0) is 36.1 Å². The Labute approximate surface area is 128 Å².